The largest absolute Gasteiger partial charge is 0.326 e. The van der Waals surface area contributed by atoms with Crippen molar-refractivity contribution < 1.29 is 4.79 Å². The summed E-state index contributed by atoms with van der Waals surface area (Å²) in [6.45, 7) is 7.05. The van der Waals surface area contributed by atoms with Gasteiger partial charge in [-0.15, -0.1) is 0 Å². The highest BCUT2D eigenvalue weighted by Gasteiger charge is 2.32. The molecule has 16 heavy (non-hydrogen) atoms. The SMILES string of the molecule is CCC(CC)C(C#N)N1CCC(C)CC1=O. The second-order valence-electron chi connectivity index (χ2n) is 4.84. The number of nitriles is 1. The van der Waals surface area contributed by atoms with Gasteiger partial charge in [-0.05, 0) is 18.3 Å². The summed E-state index contributed by atoms with van der Waals surface area (Å²) in [5.41, 5.74) is 0. The van der Waals surface area contributed by atoms with Crippen molar-refractivity contribution in [3.63, 3.8) is 0 Å². The minimum absolute atomic E-state index is 0.164. The van der Waals surface area contributed by atoms with Crippen molar-refractivity contribution in [1.82, 2.24) is 4.90 Å². The molecule has 1 heterocycles. The third kappa shape index (κ3) is 2.75. The molecule has 1 aliphatic rings. The minimum atomic E-state index is -0.213. The lowest BCUT2D eigenvalue weighted by Crippen LogP contribution is -2.47. The zero-order chi connectivity index (χ0) is 12.1. The molecule has 0 aromatic heterocycles. The van der Waals surface area contributed by atoms with Gasteiger partial charge in [-0.2, -0.15) is 5.26 Å². The molecule has 0 saturated carbocycles. The smallest absolute Gasteiger partial charge is 0.223 e. The van der Waals surface area contributed by atoms with Gasteiger partial charge in [-0.3, -0.25) is 4.79 Å². The number of nitrogens with zero attached hydrogens (tertiary/aromatic N) is 2. The third-order valence-corrected chi connectivity index (χ3v) is 3.67. The van der Waals surface area contributed by atoms with E-state index in [0.29, 0.717) is 18.3 Å². The molecule has 0 aromatic carbocycles. The van der Waals surface area contributed by atoms with E-state index in [0.717, 1.165) is 25.8 Å². The lowest BCUT2D eigenvalue weighted by Gasteiger charge is -2.36. The summed E-state index contributed by atoms with van der Waals surface area (Å²) in [5, 5.41) is 9.25. The molecule has 2 unspecified atom stereocenters. The van der Waals surface area contributed by atoms with E-state index in [1.165, 1.54) is 0 Å². The van der Waals surface area contributed by atoms with Gasteiger partial charge in [0.25, 0.3) is 0 Å². The average Bonchev–Trinajstić information content (AvgIpc) is 2.27. The first-order chi connectivity index (χ1) is 7.63. The van der Waals surface area contributed by atoms with E-state index < -0.39 is 0 Å². The zero-order valence-corrected chi connectivity index (χ0v) is 10.6. The Balaban J connectivity index is 2.73. The summed E-state index contributed by atoms with van der Waals surface area (Å²) in [7, 11) is 0. The molecule has 1 aliphatic heterocycles. The first kappa shape index (κ1) is 13.0. The topological polar surface area (TPSA) is 44.1 Å². The predicted molar refractivity (Wildman–Crippen MR) is 63.6 cm³/mol. The molecule has 1 rings (SSSR count). The van der Waals surface area contributed by atoms with Crippen LogP contribution in [0.15, 0.2) is 0 Å². The van der Waals surface area contributed by atoms with Gasteiger partial charge in [0.2, 0.25) is 5.91 Å². The van der Waals surface area contributed by atoms with Gasteiger partial charge in [0.1, 0.15) is 6.04 Å². The Morgan fingerprint density at radius 2 is 2.12 bits per heavy atom. The number of carbonyl (C=O) groups is 1. The van der Waals surface area contributed by atoms with E-state index in [9.17, 15) is 10.1 Å². The van der Waals surface area contributed by atoms with E-state index >= 15 is 0 Å². The molecule has 0 bridgehead atoms. The predicted octanol–water partition coefficient (Wildman–Crippen LogP) is 2.57. The van der Waals surface area contributed by atoms with Crippen LogP contribution in [-0.2, 0) is 4.79 Å². The Kier molecular flexibility index (Phi) is 4.79. The lowest BCUT2D eigenvalue weighted by atomic mass is 9.90. The van der Waals surface area contributed by atoms with Crippen LogP contribution in [0.5, 0.6) is 0 Å². The Morgan fingerprint density at radius 1 is 1.50 bits per heavy atom. The summed E-state index contributed by atoms with van der Waals surface area (Å²) >= 11 is 0. The molecule has 1 fully saturated rings. The maximum absolute atomic E-state index is 11.9. The number of likely N-dealkylation sites (tertiary alicyclic amines) is 1. The molecule has 0 aliphatic carbocycles. The Labute approximate surface area is 98.4 Å². The summed E-state index contributed by atoms with van der Waals surface area (Å²) in [5.74, 6) is 0.962. The maximum Gasteiger partial charge on any atom is 0.223 e. The van der Waals surface area contributed by atoms with Crippen LogP contribution < -0.4 is 0 Å². The summed E-state index contributed by atoms with van der Waals surface area (Å²) < 4.78 is 0. The fraction of sp³-hybridized carbons (Fsp3) is 0.846. The van der Waals surface area contributed by atoms with E-state index in [1.807, 2.05) is 0 Å². The molecule has 1 saturated heterocycles. The van der Waals surface area contributed by atoms with Crippen molar-refractivity contribution in [2.45, 2.75) is 52.5 Å². The molecule has 3 heteroatoms. The van der Waals surface area contributed by atoms with Gasteiger partial charge >= 0.3 is 0 Å². The normalized spacial score (nSPS) is 23.3. The van der Waals surface area contributed by atoms with E-state index in [1.54, 1.807) is 4.90 Å². The number of amides is 1. The van der Waals surface area contributed by atoms with Crippen molar-refractivity contribution in [2.24, 2.45) is 11.8 Å². The van der Waals surface area contributed by atoms with Crippen LogP contribution in [0.1, 0.15) is 46.5 Å². The molecule has 1 amide bonds. The first-order valence-electron chi connectivity index (χ1n) is 6.33. The number of hydrogen-bond donors (Lipinski definition) is 0. The molecular weight excluding hydrogens is 200 g/mol. The molecule has 90 valence electrons. The second kappa shape index (κ2) is 5.89. The van der Waals surface area contributed by atoms with Crippen LogP contribution in [-0.4, -0.2) is 23.4 Å². The highest BCUT2D eigenvalue weighted by atomic mass is 16.2. The quantitative estimate of drug-likeness (QED) is 0.733. The number of rotatable bonds is 4. The van der Waals surface area contributed by atoms with Crippen LogP contribution >= 0.6 is 0 Å². The fourth-order valence-corrected chi connectivity index (χ4v) is 2.46. The molecule has 3 nitrogen and oxygen atoms in total. The molecule has 2 atom stereocenters. The van der Waals surface area contributed by atoms with Gasteiger partial charge in [0.15, 0.2) is 0 Å². The van der Waals surface area contributed by atoms with Crippen LogP contribution in [0.2, 0.25) is 0 Å². The summed E-state index contributed by atoms with van der Waals surface area (Å²) in [6.07, 6.45) is 3.57. The number of piperidine rings is 1. The van der Waals surface area contributed by atoms with Crippen LogP contribution in [0.4, 0.5) is 0 Å². The first-order valence-corrected chi connectivity index (χ1v) is 6.33. The van der Waals surface area contributed by atoms with E-state index in [4.69, 9.17) is 0 Å². The van der Waals surface area contributed by atoms with E-state index in [2.05, 4.69) is 26.8 Å². The maximum atomic E-state index is 11.9. The van der Waals surface area contributed by atoms with Gasteiger partial charge in [0, 0.05) is 13.0 Å². The molecule has 0 aromatic rings. The zero-order valence-electron chi connectivity index (χ0n) is 10.6. The van der Waals surface area contributed by atoms with Gasteiger partial charge in [-0.25, -0.2) is 0 Å². The number of hydrogen-bond acceptors (Lipinski definition) is 2. The van der Waals surface area contributed by atoms with Gasteiger partial charge < -0.3 is 4.90 Å². The van der Waals surface area contributed by atoms with Crippen LogP contribution in [0, 0.1) is 23.2 Å². The fourth-order valence-electron chi connectivity index (χ4n) is 2.46. The second-order valence-corrected chi connectivity index (χ2v) is 4.84. The lowest BCUT2D eigenvalue weighted by molar-refractivity contribution is -0.137. The highest BCUT2D eigenvalue weighted by molar-refractivity contribution is 5.77. The average molecular weight is 222 g/mol. The molecular formula is C13H22N2O. The monoisotopic (exact) mass is 222 g/mol. The molecule has 0 radical (unpaired) electrons. The molecule has 0 N–H and O–H groups in total. The standard InChI is InChI=1S/C13H22N2O/c1-4-11(5-2)12(9-14)15-7-6-10(3)8-13(15)16/h10-12H,4-8H2,1-3H3. The Bertz CT molecular complexity index is 278. The van der Waals surface area contributed by atoms with Crippen molar-refractivity contribution in [1.29, 1.82) is 5.26 Å². The minimum Gasteiger partial charge on any atom is -0.326 e. The molecule has 0 spiro atoms. The van der Waals surface area contributed by atoms with Crippen molar-refractivity contribution in [3.05, 3.63) is 0 Å². The number of carbonyl (C=O) groups excluding carboxylic acids is 1. The van der Waals surface area contributed by atoms with Crippen molar-refractivity contribution in [3.8, 4) is 6.07 Å². The van der Waals surface area contributed by atoms with Gasteiger partial charge in [0.05, 0.1) is 6.07 Å². The van der Waals surface area contributed by atoms with Crippen molar-refractivity contribution >= 4 is 5.91 Å². The Hall–Kier alpha value is -1.04. The summed E-state index contributed by atoms with van der Waals surface area (Å²) in [4.78, 5) is 13.7. The highest BCUT2D eigenvalue weighted by Crippen LogP contribution is 2.25. The Morgan fingerprint density at radius 3 is 2.56 bits per heavy atom. The van der Waals surface area contributed by atoms with E-state index in [-0.39, 0.29) is 11.9 Å². The van der Waals surface area contributed by atoms with Gasteiger partial charge in [-0.1, -0.05) is 33.6 Å². The summed E-state index contributed by atoms with van der Waals surface area (Å²) in [6, 6.07) is 2.11. The van der Waals surface area contributed by atoms with Crippen LogP contribution in [0.3, 0.4) is 0 Å². The van der Waals surface area contributed by atoms with Crippen LogP contribution in [0.25, 0.3) is 0 Å². The third-order valence-electron chi connectivity index (χ3n) is 3.67. The van der Waals surface area contributed by atoms with Crippen molar-refractivity contribution in [2.75, 3.05) is 6.54 Å².